The van der Waals surface area contributed by atoms with Crippen LogP contribution in [-0.4, -0.2) is 23.6 Å². The molecule has 0 spiro atoms. The number of fused-ring (bicyclic) bond motifs is 5. The Labute approximate surface area is 135 Å². The first-order valence-electron chi connectivity index (χ1n) is 8.70. The molecule has 4 heteroatoms. The Kier molecular flexibility index (Phi) is 3.07. The fourth-order valence-electron chi connectivity index (χ4n) is 6.07. The van der Waals surface area contributed by atoms with E-state index in [9.17, 15) is 19.2 Å². The van der Waals surface area contributed by atoms with Crippen molar-refractivity contribution >= 4 is 23.6 Å². The lowest BCUT2D eigenvalue weighted by Gasteiger charge is -2.55. The summed E-state index contributed by atoms with van der Waals surface area (Å²) in [5, 5.41) is 0. The third-order valence-corrected chi connectivity index (χ3v) is 7.33. The number of hydrogen-bond donors (Lipinski definition) is 0. The van der Waals surface area contributed by atoms with E-state index in [0.29, 0.717) is 37.0 Å². The molecule has 4 nitrogen and oxygen atoms in total. The Balaban J connectivity index is 1.80. The van der Waals surface area contributed by atoms with Gasteiger partial charge < -0.3 is 4.79 Å². The highest BCUT2D eigenvalue weighted by atomic mass is 16.1. The SMILES string of the molecule is C[C@]12CC[C@H]3[C@@H](CC(=O)C4=CC(=O)CC[C@@]43C=O)[C@@H]1CCC2=O. The van der Waals surface area contributed by atoms with E-state index in [4.69, 9.17) is 0 Å². The van der Waals surface area contributed by atoms with Gasteiger partial charge in [-0.1, -0.05) is 6.92 Å². The van der Waals surface area contributed by atoms with E-state index in [1.807, 2.05) is 0 Å². The predicted molar refractivity (Wildman–Crippen MR) is 82.5 cm³/mol. The molecule has 5 atom stereocenters. The fourth-order valence-corrected chi connectivity index (χ4v) is 6.07. The quantitative estimate of drug-likeness (QED) is 0.697. The second-order valence-corrected chi connectivity index (χ2v) is 8.10. The van der Waals surface area contributed by atoms with Crippen LogP contribution in [0.15, 0.2) is 11.6 Å². The molecule has 0 saturated heterocycles. The van der Waals surface area contributed by atoms with Crippen molar-refractivity contribution in [2.75, 3.05) is 0 Å². The van der Waals surface area contributed by atoms with Gasteiger partial charge in [-0.05, 0) is 49.5 Å². The highest BCUT2D eigenvalue weighted by Crippen LogP contribution is 2.63. The van der Waals surface area contributed by atoms with Crippen LogP contribution >= 0.6 is 0 Å². The molecule has 3 saturated carbocycles. The summed E-state index contributed by atoms with van der Waals surface area (Å²) in [6, 6.07) is 0. The topological polar surface area (TPSA) is 68.3 Å². The number of allylic oxidation sites excluding steroid dienone is 1. The summed E-state index contributed by atoms with van der Waals surface area (Å²) in [6.07, 6.45) is 6.65. The average molecular weight is 314 g/mol. The van der Waals surface area contributed by atoms with Crippen LogP contribution in [0.3, 0.4) is 0 Å². The van der Waals surface area contributed by atoms with Gasteiger partial charge >= 0.3 is 0 Å². The van der Waals surface area contributed by atoms with Crippen molar-refractivity contribution in [1.29, 1.82) is 0 Å². The van der Waals surface area contributed by atoms with Gasteiger partial charge in [0.2, 0.25) is 0 Å². The fraction of sp³-hybridized carbons (Fsp3) is 0.684. The van der Waals surface area contributed by atoms with Gasteiger partial charge in [-0.2, -0.15) is 0 Å². The third kappa shape index (κ3) is 1.78. The second kappa shape index (κ2) is 4.71. The molecule has 4 rings (SSSR count). The second-order valence-electron chi connectivity index (χ2n) is 8.10. The van der Waals surface area contributed by atoms with Gasteiger partial charge in [-0.25, -0.2) is 0 Å². The van der Waals surface area contributed by atoms with Gasteiger partial charge in [0, 0.05) is 30.3 Å². The van der Waals surface area contributed by atoms with Crippen molar-refractivity contribution < 1.29 is 19.2 Å². The predicted octanol–water partition coefficient (Wildman–Crippen LogP) is 2.45. The highest BCUT2D eigenvalue weighted by molar-refractivity contribution is 6.09. The third-order valence-electron chi connectivity index (χ3n) is 7.33. The van der Waals surface area contributed by atoms with E-state index in [-0.39, 0.29) is 34.7 Å². The van der Waals surface area contributed by atoms with Crippen molar-refractivity contribution in [3.05, 3.63) is 11.6 Å². The Morgan fingerprint density at radius 2 is 1.87 bits per heavy atom. The first-order valence-corrected chi connectivity index (χ1v) is 8.70. The van der Waals surface area contributed by atoms with Crippen molar-refractivity contribution in [1.82, 2.24) is 0 Å². The Hall–Kier alpha value is -1.58. The van der Waals surface area contributed by atoms with Crippen LogP contribution in [0, 0.1) is 28.6 Å². The normalized spacial score (nSPS) is 45.9. The van der Waals surface area contributed by atoms with Gasteiger partial charge in [-0.15, -0.1) is 0 Å². The van der Waals surface area contributed by atoms with Crippen LogP contribution in [0.25, 0.3) is 0 Å². The molecule has 0 aromatic rings. The molecule has 3 fully saturated rings. The highest BCUT2D eigenvalue weighted by Gasteiger charge is 2.62. The number of carbonyl (C=O) groups is 4. The number of aldehydes is 1. The molecule has 0 radical (unpaired) electrons. The monoisotopic (exact) mass is 314 g/mol. The van der Waals surface area contributed by atoms with E-state index < -0.39 is 5.41 Å². The molecular formula is C19H22O4. The maximum absolute atomic E-state index is 12.7. The Morgan fingerprint density at radius 3 is 2.61 bits per heavy atom. The minimum absolute atomic E-state index is 0.0408. The van der Waals surface area contributed by atoms with Crippen LogP contribution in [0.1, 0.15) is 51.9 Å². The molecule has 23 heavy (non-hydrogen) atoms. The standard InChI is InChI=1S/C19H22O4/c1-18-6-5-14-12(13(18)2-3-17(18)23)9-16(22)15-8-11(21)4-7-19(14,15)10-20/h8,10,12-14H,2-7,9H2,1H3/t12-,13-,14-,18-,19-/m0/s1. The summed E-state index contributed by atoms with van der Waals surface area (Å²) in [7, 11) is 0. The van der Waals surface area contributed by atoms with Crippen LogP contribution in [0.4, 0.5) is 0 Å². The number of carbonyl (C=O) groups excluding carboxylic acids is 4. The molecular weight excluding hydrogens is 292 g/mol. The molecule has 4 aliphatic rings. The zero-order chi connectivity index (χ0) is 16.4. The maximum Gasteiger partial charge on any atom is 0.160 e. The van der Waals surface area contributed by atoms with E-state index in [0.717, 1.165) is 25.5 Å². The van der Waals surface area contributed by atoms with E-state index >= 15 is 0 Å². The first kappa shape index (κ1) is 15.0. The summed E-state index contributed by atoms with van der Waals surface area (Å²) in [5.74, 6) is 0.683. The molecule has 0 amide bonds. The zero-order valence-electron chi connectivity index (χ0n) is 13.5. The van der Waals surface area contributed by atoms with E-state index in [2.05, 4.69) is 6.92 Å². The summed E-state index contributed by atoms with van der Waals surface area (Å²) >= 11 is 0. The molecule has 4 aliphatic carbocycles. The lowest BCUT2D eigenvalue weighted by molar-refractivity contribution is -0.142. The summed E-state index contributed by atoms with van der Waals surface area (Å²) in [6.45, 7) is 2.05. The molecule has 0 aromatic carbocycles. The minimum Gasteiger partial charge on any atom is -0.302 e. The molecule has 0 unspecified atom stereocenters. The number of Topliss-reactive ketones (excluding diaryl/α,β-unsaturated/α-hetero) is 2. The molecule has 0 bridgehead atoms. The lowest BCUT2D eigenvalue weighted by Crippen LogP contribution is -2.54. The Morgan fingerprint density at radius 1 is 1.09 bits per heavy atom. The van der Waals surface area contributed by atoms with Crippen molar-refractivity contribution in [3.63, 3.8) is 0 Å². The van der Waals surface area contributed by atoms with Crippen LogP contribution in [0.2, 0.25) is 0 Å². The van der Waals surface area contributed by atoms with Gasteiger partial charge in [0.15, 0.2) is 11.6 Å². The molecule has 0 aromatic heterocycles. The number of hydrogen-bond acceptors (Lipinski definition) is 4. The van der Waals surface area contributed by atoms with Gasteiger partial charge in [0.1, 0.15) is 12.1 Å². The van der Waals surface area contributed by atoms with E-state index in [1.54, 1.807) is 0 Å². The van der Waals surface area contributed by atoms with Crippen molar-refractivity contribution in [2.24, 2.45) is 28.6 Å². The number of ketones is 3. The summed E-state index contributed by atoms with van der Waals surface area (Å²) in [4.78, 5) is 48.9. The smallest absolute Gasteiger partial charge is 0.160 e. The molecule has 0 heterocycles. The zero-order valence-corrected chi connectivity index (χ0v) is 13.5. The summed E-state index contributed by atoms with van der Waals surface area (Å²) < 4.78 is 0. The summed E-state index contributed by atoms with van der Waals surface area (Å²) in [5.41, 5.74) is -0.629. The average Bonchev–Trinajstić information content (AvgIpc) is 2.84. The van der Waals surface area contributed by atoms with Crippen LogP contribution < -0.4 is 0 Å². The maximum atomic E-state index is 12.7. The van der Waals surface area contributed by atoms with Crippen molar-refractivity contribution in [3.8, 4) is 0 Å². The van der Waals surface area contributed by atoms with Gasteiger partial charge in [0.25, 0.3) is 0 Å². The first-order chi connectivity index (χ1) is 10.9. The molecule has 122 valence electrons. The van der Waals surface area contributed by atoms with Gasteiger partial charge in [-0.3, -0.25) is 14.4 Å². The lowest BCUT2D eigenvalue weighted by atomic mass is 9.47. The Bertz CT molecular complexity index is 660. The van der Waals surface area contributed by atoms with Gasteiger partial charge in [0.05, 0.1) is 5.41 Å². The molecule has 0 aliphatic heterocycles. The van der Waals surface area contributed by atoms with Crippen LogP contribution in [-0.2, 0) is 19.2 Å². The number of rotatable bonds is 1. The molecule has 0 N–H and O–H groups in total. The van der Waals surface area contributed by atoms with E-state index in [1.165, 1.54) is 6.08 Å². The van der Waals surface area contributed by atoms with Crippen LogP contribution in [0.5, 0.6) is 0 Å². The minimum atomic E-state index is -0.777. The largest absolute Gasteiger partial charge is 0.302 e. The van der Waals surface area contributed by atoms with Crippen molar-refractivity contribution in [2.45, 2.75) is 51.9 Å².